The molecule has 0 aromatic rings. The summed E-state index contributed by atoms with van der Waals surface area (Å²) in [6.45, 7) is 4.13. The van der Waals surface area contributed by atoms with Crippen LogP contribution in [0, 0.1) is 5.92 Å². The van der Waals surface area contributed by atoms with Crippen molar-refractivity contribution in [1.29, 1.82) is 0 Å². The van der Waals surface area contributed by atoms with Crippen molar-refractivity contribution in [3.05, 3.63) is 0 Å². The van der Waals surface area contributed by atoms with Crippen LogP contribution in [0.5, 0.6) is 0 Å². The average Bonchev–Trinajstić information content (AvgIpc) is 2.10. The van der Waals surface area contributed by atoms with Crippen LogP contribution in [0.2, 0.25) is 4.82 Å². The summed E-state index contributed by atoms with van der Waals surface area (Å²) >= 11 is 2.95. The minimum atomic E-state index is -0.0672. The molecule has 0 N–H and O–H groups in total. The van der Waals surface area contributed by atoms with Crippen molar-refractivity contribution in [1.82, 2.24) is 0 Å². The van der Waals surface area contributed by atoms with E-state index in [2.05, 4.69) is 29.9 Å². The normalized spacial score (nSPS) is 33.0. The number of carbonyl (C=O) groups excluding carboxylic acids is 1. The number of hydrogen-bond donors (Lipinski definition) is 0. The van der Waals surface area contributed by atoms with Crippen molar-refractivity contribution in [2.45, 2.75) is 31.2 Å². The van der Waals surface area contributed by atoms with Crippen LogP contribution in [-0.2, 0) is 9.53 Å². The van der Waals surface area contributed by atoms with Crippen molar-refractivity contribution < 1.29 is 9.53 Å². The third-order valence-corrected chi connectivity index (χ3v) is 2.57. The molecule has 10 heavy (non-hydrogen) atoms. The fraction of sp³-hybridized carbons (Fsp3) is 0.857. The molecule has 1 aliphatic heterocycles. The molecular weight excluding hydrogens is 195 g/mol. The Kier molecular flexibility index (Phi) is 2.37. The molecule has 1 aliphatic rings. The standard InChI is InChI=1S/C7H11O2Se/c1-4(2)7-5(10)3-6(8)9-7/h4-5,7H,3H2,1-2H3. The van der Waals surface area contributed by atoms with Gasteiger partial charge in [0.15, 0.2) is 0 Å². The van der Waals surface area contributed by atoms with E-state index >= 15 is 0 Å². The summed E-state index contributed by atoms with van der Waals surface area (Å²) in [7, 11) is 0. The second kappa shape index (κ2) is 2.93. The molecule has 0 aliphatic carbocycles. The summed E-state index contributed by atoms with van der Waals surface area (Å²) in [4.78, 5) is 11.0. The molecule has 57 valence electrons. The Morgan fingerprint density at radius 3 is 2.50 bits per heavy atom. The molecule has 0 aromatic carbocycles. The molecule has 0 bridgehead atoms. The van der Waals surface area contributed by atoms with Crippen LogP contribution in [0.15, 0.2) is 0 Å². The van der Waals surface area contributed by atoms with Crippen molar-refractivity contribution in [2.24, 2.45) is 5.92 Å². The van der Waals surface area contributed by atoms with Gasteiger partial charge in [-0.25, -0.2) is 0 Å². The van der Waals surface area contributed by atoms with Gasteiger partial charge in [-0.3, -0.25) is 0 Å². The summed E-state index contributed by atoms with van der Waals surface area (Å²) in [5.74, 6) is 0.361. The molecule has 2 nitrogen and oxygen atoms in total. The SMILES string of the molecule is CC(C)C1OC(=O)CC1[Se]. The Morgan fingerprint density at radius 1 is 1.70 bits per heavy atom. The van der Waals surface area contributed by atoms with Crippen LogP contribution in [0.3, 0.4) is 0 Å². The molecule has 3 heteroatoms. The third-order valence-electron chi connectivity index (χ3n) is 1.66. The number of ether oxygens (including phenoxy) is 1. The fourth-order valence-corrected chi connectivity index (χ4v) is 2.18. The Bertz CT molecular complexity index is 145. The fourth-order valence-electron chi connectivity index (χ4n) is 1.12. The maximum atomic E-state index is 10.7. The zero-order valence-corrected chi connectivity index (χ0v) is 7.88. The first kappa shape index (κ1) is 8.09. The first-order chi connectivity index (χ1) is 4.61. The van der Waals surface area contributed by atoms with Crippen LogP contribution in [0.1, 0.15) is 20.3 Å². The number of hydrogen-bond acceptors (Lipinski definition) is 2. The van der Waals surface area contributed by atoms with E-state index in [0.717, 1.165) is 0 Å². The third kappa shape index (κ3) is 1.53. The second-order valence-corrected chi connectivity index (χ2v) is 4.21. The number of carbonyl (C=O) groups is 1. The van der Waals surface area contributed by atoms with Gasteiger partial charge in [0.05, 0.1) is 0 Å². The Balaban J connectivity index is 2.54. The van der Waals surface area contributed by atoms with E-state index in [-0.39, 0.29) is 16.9 Å². The van der Waals surface area contributed by atoms with Gasteiger partial charge in [-0.1, -0.05) is 0 Å². The second-order valence-electron chi connectivity index (χ2n) is 2.94. The van der Waals surface area contributed by atoms with E-state index < -0.39 is 0 Å². The van der Waals surface area contributed by atoms with Crippen molar-refractivity contribution in [2.75, 3.05) is 0 Å². The van der Waals surface area contributed by atoms with Crippen molar-refractivity contribution >= 4 is 22.0 Å². The molecule has 2 atom stereocenters. The van der Waals surface area contributed by atoms with E-state index in [1.807, 2.05) is 0 Å². The van der Waals surface area contributed by atoms with Crippen LogP contribution >= 0.6 is 0 Å². The zero-order chi connectivity index (χ0) is 7.72. The summed E-state index contributed by atoms with van der Waals surface area (Å²) < 4.78 is 5.06. The van der Waals surface area contributed by atoms with E-state index in [1.54, 1.807) is 0 Å². The van der Waals surface area contributed by atoms with Gasteiger partial charge in [-0.05, 0) is 0 Å². The summed E-state index contributed by atoms with van der Waals surface area (Å²) in [6, 6.07) is 0. The molecule has 1 fully saturated rings. The van der Waals surface area contributed by atoms with Gasteiger partial charge in [-0.2, -0.15) is 0 Å². The molecule has 0 amide bonds. The minimum absolute atomic E-state index is 0.0672. The zero-order valence-electron chi connectivity index (χ0n) is 6.16. The van der Waals surface area contributed by atoms with Crippen LogP contribution < -0.4 is 0 Å². The van der Waals surface area contributed by atoms with Crippen LogP contribution in [0.4, 0.5) is 0 Å². The first-order valence-corrected chi connectivity index (χ1v) is 4.45. The molecule has 0 spiro atoms. The molecule has 1 heterocycles. The molecule has 1 radical (unpaired) electrons. The van der Waals surface area contributed by atoms with Gasteiger partial charge in [0, 0.05) is 0 Å². The number of cyclic esters (lactones) is 1. The predicted molar refractivity (Wildman–Crippen MR) is 38.8 cm³/mol. The summed E-state index contributed by atoms with van der Waals surface area (Å²) in [5, 5.41) is 0. The predicted octanol–water partition coefficient (Wildman–Crippen LogP) is 0.915. The van der Waals surface area contributed by atoms with Crippen molar-refractivity contribution in [3.63, 3.8) is 0 Å². The molecule has 0 saturated carbocycles. The molecular formula is C7H11O2Se. The quantitative estimate of drug-likeness (QED) is 0.471. The van der Waals surface area contributed by atoms with Gasteiger partial charge >= 0.3 is 68.6 Å². The van der Waals surface area contributed by atoms with Gasteiger partial charge in [0.2, 0.25) is 0 Å². The summed E-state index contributed by atoms with van der Waals surface area (Å²) in [6.07, 6.45) is 0.649. The van der Waals surface area contributed by atoms with E-state index in [1.165, 1.54) is 0 Å². The topological polar surface area (TPSA) is 26.3 Å². The van der Waals surface area contributed by atoms with Gasteiger partial charge in [-0.15, -0.1) is 0 Å². The average molecular weight is 206 g/mol. The monoisotopic (exact) mass is 207 g/mol. The molecule has 1 saturated heterocycles. The van der Waals surface area contributed by atoms with Gasteiger partial charge < -0.3 is 0 Å². The Hall–Kier alpha value is -0.0105. The number of esters is 1. The maximum absolute atomic E-state index is 10.7. The first-order valence-electron chi connectivity index (χ1n) is 3.46. The van der Waals surface area contributed by atoms with Crippen LogP contribution in [0.25, 0.3) is 0 Å². The van der Waals surface area contributed by atoms with Crippen molar-refractivity contribution in [3.8, 4) is 0 Å². The van der Waals surface area contributed by atoms with Gasteiger partial charge in [0.1, 0.15) is 0 Å². The molecule has 0 aromatic heterocycles. The van der Waals surface area contributed by atoms with E-state index in [4.69, 9.17) is 4.74 Å². The summed E-state index contributed by atoms with van der Waals surface area (Å²) in [5.41, 5.74) is 0. The Labute approximate surface area is 69.1 Å². The van der Waals surface area contributed by atoms with Crippen LogP contribution in [-0.4, -0.2) is 28.1 Å². The van der Waals surface area contributed by atoms with E-state index in [0.29, 0.717) is 12.3 Å². The van der Waals surface area contributed by atoms with E-state index in [9.17, 15) is 4.79 Å². The molecule has 2 unspecified atom stereocenters. The molecule has 1 rings (SSSR count). The Morgan fingerprint density at radius 2 is 2.30 bits per heavy atom. The van der Waals surface area contributed by atoms with Gasteiger partial charge in [0.25, 0.3) is 0 Å². The number of rotatable bonds is 1.